The third kappa shape index (κ3) is 2.54. The van der Waals surface area contributed by atoms with E-state index in [0.717, 1.165) is 24.3 Å². The summed E-state index contributed by atoms with van der Waals surface area (Å²) in [6.45, 7) is 4.45. The summed E-state index contributed by atoms with van der Waals surface area (Å²) < 4.78 is 2.01. The highest BCUT2D eigenvalue weighted by Crippen LogP contribution is 2.47. The minimum Gasteiger partial charge on any atom is -0.312 e. The predicted octanol–water partition coefficient (Wildman–Crippen LogP) is 2.30. The molecular formula is C14H23N3. The van der Waals surface area contributed by atoms with Crippen LogP contribution in [-0.2, 0) is 6.54 Å². The van der Waals surface area contributed by atoms with E-state index in [2.05, 4.69) is 17.3 Å². The van der Waals surface area contributed by atoms with Gasteiger partial charge in [-0.05, 0) is 56.6 Å². The van der Waals surface area contributed by atoms with Crippen molar-refractivity contribution in [3.05, 3.63) is 18.5 Å². The number of hydrogen-bond acceptors (Lipinski definition) is 2. The Kier molecular flexibility index (Phi) is 3.19. The number of rotatable bonds is 5. The summed E-state index contributed by atoms with van der Waals surface area (Å²) in [5, 5.41) is 7.94. The summed E-state index contributed by atoms with van der Waals surface area (Å²) in [5.74, 6) is 3.05. The summed E-state index contributed by atoms with van der Waals surface area (Å²) >= 11 is 0. The molecule has 94 valence electrons. The Morgan fingerprint density at radius 1 is 1.41 bits per heavy atom. The van der Waals surface area contributed by atoms with Gasteiger partial charge in [-0.2, -0.15) is 5.10 Å². The topological polar surface area (TPSA) is 29.9 Å². The molecule has 0 radical (unpaired) electrons. The van der Waals surface area contributed by atoms with E-state index in [1.165, 1.54) is 32.2 Å². The summed E-state index contributed by atoms with van der Waals surface area (Å²) in [5.41, 5.74) is 0. The van der Waals surface area contributed by atoms with Crippen LogP contribution in [0.25, 0.3) is 0 Å². The second-order valence-electron chi connectivity index (χ2n) is 5.97. The first kappa shape index (κ1) is 11.3. The van der Waals surface area contributed by atoms with E-state index >= 15 is 0 Å². The molecule has 4 atom stereocenters. The van der Waals surface area contributed by atoms with Crippen LogP contribution in [0.15, 0.2) is 18.5 Å². The maximum absolute atomic E-state index is 4.25. The predicted molar refractivity (Wildman–Crippen MR) is 68.6 cm³/mol. The van der Waals surface area contributed by atoms with Crippen molar-refractivity contribution in [1.82, 2.24) is 15.1 Å². The zero-order valence-electron chi connectivity index (χ0n) is 10.7. The third-order valence-corrected chi connectivity index (χ3v) is 4.63. The Morgan fingerprint density at radius 2 is 2.35 bits per heavy atom. The van der Waals surface area contributed by atoms with Crippen LogP contribution in [-0.4, -0.2) is 22.4 Å². The second kappa shape index (κ2) is 4.81. The van der Waals surface area contributed by atoms with Crippen molar-refractivity contribution in [2.45, 2.75) is 45.2 Å². The quantitative estimate of drug-likeness (QED) is 0.845. The van der Waals surface area contributed by atoms with Gasteiger partial charge in [-0.15, -0.1) is 0 Å². The van der Waals surface area contributed by atoms with Crippen LogP contribution in [0.1, 0.15) is 32.6 Å². The fourth-order valence-corrected chi connectivity index (χ4v) is 3.73. The van der Waals surface area contributed by atoms with Crippen molar-refractivity contribution in [2.24, 2.45) is 17.8 Å². The van der Waals surface area contributed by atoms with Gasteiger partial charge in [-0.25, -0.2) is 0 Å². The van der Waals surface area contributed by atoms with E-state index in [1.807, 2.05) is 23.1 Å². The molecule has 4 unspecified atom stereocenters. The maximum atomic E-state index is 4.25. The Labute approximate surface area is 104 Å². The molecule has 0 amide bonds. The van der Waals surface area contributed by atoms with Gasteiger partial charge in [0.1, 0.15) is 0 Å². The van der Waals surface area contributed by atoms with Crippen molar-refractivity contribution in [3.63, 3.8) is 0 Å². The van der Waals surface area contributed by atoms with Gasteiger partial charge in [0.2, 0.25) is 0 Å². The lowest BCUT2D eigenvalue weighted by Gasteiger charge is -2.24. The summed E-state index contributed by atoms with van der Waals surface area (Å²) in [6.07, 6.45) is 9.87. The standard InChI is InChI=1S/C14H23N3/c1-11(10-17-6-2-5-16-17)15-9-14-8-12-3-4-13(14)7-12/h2,5-6,11-15H,3-4,7-10H2,1H3. The average Bonchev–Trinajstić information content (AvgIpc) is 3.02. The molecule has 0 spiro atoms. The van der Waals surface area contributed by atoms with Crippen molar-refractivity contribution < 1.29 is 0 Å². The Morgan fingerprint density at radius 3 is 3.00 bits per heavy atom. The smallest absolute Gasteiger partial charge is 0.0559 e. The molecule has 3 rings (SSSR count). The van der Waals surface area contributed by atoms with E-state index in [0.29, 0.717) is 6.04 Å². The average molecular weight is 233 g/mol. The Hall–Kier alpha value is -0.830. The lowest BCUT2D eigenvalue weighted by atomic mass is 9.89. The monoisotopic (exact) mass is 233 g/mol. The number of nitrogens with one attached hydrogen (secondary N) is 1. The lowest BCUT2D eigenvalue weighted by molar-refractivity contribution is 0.301. The van der Waals surface area contributed by atoms with E-state index < -0.39 is 0 Å². The largest absolute Gasteiger partial charge is 0.312 e. The van der Waals surface area contributed by atoms with Gasteiger partial charge in [-0.1, -0.05) is 6.42 Å². The highest BCUT2D eigenvalue weighted by atomic mass is 15.3. The van der Waals surface area contributed by atoms with Gasteiger partial charge in [0.15, 0.2) is 0 Å². The first-order chi connectivity index (χ1) is 8.31. The molecule has 1 N–H and O–H groups in total. The summed E-state index contributed by atoms with van der Waals surface area (Å²) in [6, 6.07) is 2.51. The van der Waals surface area contributed by atoms with Crippen molar-refractivity contribution in [1.29, 1.82) is 0 Å². The molecule has 2 aliphatic rings. The molecule has 17 heavy (non-hydrogen) atoms. The number of fused-ring (bicyclic) bond motifs is 2. The highest BCUT2D eigenvalue weighted by Gasteiger charge is 2.38. The molecule has 2 saturated carbocycles. The number of aromatic nitrogens is 2. The fourth-order valence-electron chi connectivity index (χ4n) is 3.73. The van der Waals surface area contributed by atoms with Gasteiger partial charge in [0.05, 0.1) is 6.54 Å². The molecule has 1 aromatic heterocycles. The zero-order valence-corrected chi connectivity index (χ0v) is 10.7. The third-order valence-electron chi connectivity index (χ3n) is 4.63. The van der Waals surface area contributed by atoms with Gasteiger partial charge < -0.3 is 5.32 Å². The molecule has 1 heterocycles. The molecule has 2 fully saturated rings. The summed E-state index contributed by atoms with van der Waals surface area (Å²) in [7, 11) is 0. The first-order valence-electron chi connectivity index (χ1n) is 7.02. The minimum atomic E-state index is 0.522. The van der Waals surface area contributed by atoms with Crippen molar-refractivity contribution >= 4 is 0 Å². The van der Waals surface area contributed by atoms with Crippen LogP contribution < -0.4 is 5.32 Å². The Bertz CT molecular complexity index is 346. The molecule has 1 aromatic rings. The van der Waals surface area contributed by atoms with Crippen LogP contribution in [0.5, 0.6) is 0 Å². The first-order valence-corrected chi connectivity index (χ1v) is 7.02. The van der Waals surface area contributed by atoms with Gasteiger partial charge in [0.25, 0.3) is 0 Å². The van der Waals surface area contributed by atoms with Crippen molar-refractivity contribution in [3.8, 4) is 0 Å². The van der Waals surface area contributed by atoms with Crippen LogP contribution in [0.3, 0.4) is 0 Å². The zero-order chi connectivity index (χ0) is 11.7. The lowest BCUT2D eigenvalue weighted by Crippen LogP contribution is -2.35. The van der Waals surface area contributed by atoms with Crippen LogP contribution in [0.4, 0.5) is 0 Å². The number of nitrogens with zero attached hydrogens (tertiary/aromatic N) is 2. The maximum Gasteiger partial charge on any atom is 0.0559 e. The molecule has 2 bridgehead atoms. The van der Waals surface area contributed by atoms with E-state index in [-0.39, 0.29) is 0 Å². The minimum absolute atomic E-state index is 0.522. The van der Waals surface area contributed by atoms with Crippen LogP contribution >= 0.6 is 0 Å². The Balaban J connectivity index is 1.42. The highest BCUT2D eigenvalue weighted by molar-refractivity contribution is 4.91. The number of hydrogen-bond donors (Lipinski definition) is 1. The normalized spacial score (nSPS) is 33.1. The SMILES string of the molecule is CC(Cn1cccn1)NCC1CC2CCC1C2. The molecule has 0 saturated heterocycles. The molecular weight excluding hydrogens is 210 g/mol. The van der Waals surface area contributed by atoms with Crippen LogP contribution in [0.2, 0.25) is 0 Å². The molecule has 3 heteroatoms. The van der Waals surface area contributed by atoms with Gasteiger partial charge >= 0.3 is 0 Å². The van der Waals surface area contributed by atoms with Gasteiger partial charge in [0, 0.05) is 18.4 Å². The van der Waals surface area contributed by atoms with Crippen LogP contribution in [0, 0.1) is 17.8 Å². The fraction of sp³-hybridized carbons (Fsp3) is 0.786. The van der Waals surface area contributed by atoms with Crippen molar-refractivity contribution in [2.75, 3.05) is 6.54 Å². The molecule has 0 aromatic carbocycles. The molecule has 2 aliphatic carbocycles. The van der Waals surface area contributed by atoms with E-state index in [4.69, 9.17) is 0 Å². The second-order valence-corrected chi connectivity index (χ2v) is 5.97. The van der Waals surface area contributed by atoms with E-state index in [9.17, 15) is 0 Å². The van der Waals surface area contributed by atoms with E-state index in [1.54, 1.807) is 0 Å². The van der Waals surface area contributed by atoms with Gasteiger partial charge in [-0.3, -0.25) is 4.68 Å². The molecule has 3 nitrogen and oxygen atoms in total. The summed E-state index contributed by atoms with van der Waals surface area (Å²) in [4.78, 5) is 0. The molecule has 0 aliphatic heterocycles.